The Morgan fingerprint density at radius 1 is 0.848 bits per heavy atom. The topological polar surface area (TPSA) is 86.8 Å². The molecule has 1 atom stereocenters. The van der Waals surface area contributed by atoms with Crippen molar-refractivity contribution in [2.75, 3.05) is 10.8 Å². The number of hydrogen-bond donors (Lipinski definition) is 1. The van der Waals surface area contributed by atoms with Gasteiger partial charge >= 0.3 is 0 Å². The molecule has 0 spiro atoms. The van der Waals surface area contributed by atoms with Crippen LogP contribution in [0.4, 0.5) is 5.69 Å². The van der Waals surface area contributed by atoms with Gasteiger partial charge in [-0.15, -0.1) is 0 Å². The van der Waals surface area contributed by atoms with E-state index in [2.05, 4.69) is 5.32 Å². The summed E-state index contributed by atoms with van der Waals surface area (Å²) in [6.45, 7) is 3.37. The number of anilines is 1. The monoisotopic (exact) mass is 657 g/mol. The van der Waals surface area contributed by atoms with Gasteiger partial charge in [0.05, 0.1) is 10.6 Å². The lowest BCUT2D eigenvalue weighted by atomic mass is 10.0. The number of carbonyl (C=O) groups is 2. The number of hydrogen-bond acceptors (Lipinski definition) is 4. The quantitative estimate of drug-likeness (QED) is 0.181. The van der Waals surface area contributed by atoms with Crippen LogP contribution in [0.3, 0.4) is 0 Å². The molecule has 1 aliphatic rings. The summed E-state index contributed by atoms with van der Waals surface area (Å²) in [5.41, 5.74) is 3.80. The van der Waals surface area contributed by atoms with Crippen LogP contribution in [0.5, 0.6) is 0 Å². The van der Waals surface area contributed by atoms with E-state index in [0.717, 1.165) is 46.7 Å². The Hall–Kier alpha value is -4.14. The Morgan fingerprint density at radius 3 is 2.13 bits per heavy atom. The molecule has 1 fully saturated rings. The Bertz CT molecular complexity index is 1760. The molecule has 0 aliphatic heterocycles. The smallest absolute Gasteiger partial charge is 0.264 e. The van der Waals surface area contributed by atoms with Crippen LogP contribution < -0.4 is 9.62 Å². The van der Waals surface area contributed by atoms with E-state index < -0.39 is 28.5 Å². The predicted molar refractivity (Wildman–Crippen MR) is 183 cm³/mol. The van der Waals surface area contributed by atoms with E-state index in [0.29, 0.717) is 16.3 Å². The van der Waals surface area contributed by atoms with Gasteiger partial charge in [-0.2, -0.15) is 0 Å². The minimum Gasteiger partial charge on any atom is -0.352 e. The number of amides is 2. The van der Waals surface area contributed by atoms with Crippen molar-refractivity contribution in [3.63, 3.8) is 0 Å². The van der Waals surface area contributed by atoms with Crippen LogP contribution in [0.2, 0.25) is 5.02 Å². The summed E-state index contributed by atoms with van der Waals surface area (Å²) < 4.78 is 29.5. The van der Waals surface area contributed by atoms with Gasteiger partial charge in [-0.05, 0) is 79.3 Å². The normalized spacial score (nSPS) is 14.1. The molecule has 5 rings (SSSR count). The Morgan fingerprint density at radius 2 is 1.48 bits per heavy atom. The predicted octanol–water partition coefficient (Wildman–Crippen LogP) is 6.85. The van der Waals surface area contributed by atoms with Gasteiger partial charge in [0.25, 0.3) is 10.0 Å². The molecular weight excluding hydrogens is 618 g/mol. The minimum atomic E-state index is -4.16. The molecule has 0 heterocycles. The first kappa shape index (κ1) is 33.2. The molecule has 4 aromatic carbocycles. The first-order valence-corrected chi connectivity index (χ1v) is 17.5. The number of benzene rings is 4. The second kappa shape index (κ2) is 15.0. The van der Waals surface area contributed by atoms with Crippen LogP contribution in [0, 0.1) is 13.8 Å². The molecule has 4 aromatic rings. The third kappa shape index (κ3) is 7.98. The van der Waals surface area contributed by atoms with Crippen LogP contribution in [0.1, 0.15) is 47.9 Å². The number of rotatable bonds is 12. The molecule has 1 N–H and O–H groups in total. The average molecular weight is 658 g/mol. The zero-order chi connectivity index (χ0) is 32.7. The molecule has 7 nitrogen and oxygen atoms in total. The molecule has 0 bridgehead atoms. The number of nitrogens with one attached hydrogen (secondary N) is 1. The third-order valence-electron chi connectivity index (χ3n) is 8.66. The molecule has 0 aromatic heterocycles. The van der Waals surface area contributed by atoms with E-state index in [-0.39, 0.29) is 29.8 Å². The van der Waals surface area contributed by atoms with Crippen LogP contribution in [-0.2, 0) is 32.6 Å². The minimum absolute atomic E-state index is 0.0280. The first-order chi connectivity index (χ1) is 22.1. The molecule has 0 saturated heterocycles. The number of nitrogens with zero attached hydrogens (tertiary/aromatic N) is 2. The van der Waals surface area contributed by atoms with Crippen LogP contribution in [0.25, 0.3) is 0 Å². The maximum absolute atomic E-state index is 14.6. The van der Waals surface area contributed by atoms with Crippen molar-refractivity contribution in [2.45, 2.75) is 69.5 Å². The maximum atomic E-state index is 14.6. The summed E-state index contributed by atoms with van der Waals surface area (Å²) in [5.74, 6) is -0.778. The van der Waals surface area contributed by atoms with E-state index >= 15 is 0 Å². The fraction of sp³-hybridized carbons (Fsp3) is 0.297. The second-order valence-corrected chi connectivity index (χ2v) is 14.2. The zero-order valence-electron chi connectivity index (χ0n) is 26.2. The van der Waals surface area contributed by atoms with Crippen LogP contribution >= 0.6 is 11.6 Å². The molecule has 2 amide bonds. The van der Waals surface area contributed by atoms with E-state index in [4.69, 9.17) is 11.6 Å². The summed E-state index contributed by atoms with van der Waals surface area (Å²) in [5, 5.41) is 3.65. The van der Waals surface area contributed by atoms with Crippen molar-refractivity contribution >= 4 is 39.1 Å². The third-order valence-corrected chi connectivity index (χ3v) is 10.8. The van der Waals surface area contributed by atoms with Crippen molar-refractivity contribution in [2.24, 2.45) is 0 Å². The van der Waals surface area contributed by atoms with Gasteiger partial charge in [0.2, 0.25) is 11.8 Å². The van der Waals surface area contributed by atoms with Crippen molar-refractivity contribution in [3.8, 4) is 0 Å². The Labute approximate surface area is 277 Å². The van der Waals surface area contributed by atoms with Gasteiger partial charge in [-0.25, -0.2) is 8.42 Å². The van der Waals surface area contributed by atoms with Gasteiger partial charge in [0.1, 0.15) is 12.6 Å². The largest absolute Gasteiger partial charge is 0.352 e. The van der Waals surface area contributed by atoms with Gasteiger partial charge in [-0.3, -0.25) is 13.9 Å². The molecule has 1 aliphatic carbocycles. The highest BCUT2D eigenvalue weighted by Gasteiger charge is 2.35. The standard InChI is InChI=1S/C37H40ClN3O4S/c1-27-21-22-32(23-28(27)2)41(46(44,45)33-18-7-4-8-19-33)26-36(42)40(25-30-15-9-12-20-34(30)38)35(24-29-13-5-3-6-14-29)37(43)39-31-16-10-11-17-31/h3-9,12-15,18-23,31,35H,10-11,16-17,24-26H2,1-2H3,(H,39,43)/t35-/m0/s1. The van der Waals surface area contributed by atoms with Crippen molar-refractivity contribution in [3.05, 3.63) is 130 Å². The number of sulfonamides is 1. The number of halogens is 1. The van der Waals surface area contributed by atoms with Gasteiger partial charge < -0.3 is 10.2 Å². The highest BCUT2D eigenvalue weighted by Crippen LogP contribution is 2.28. The lowest BCUT2D eigenvalue weighted by molar-refractivity contribution is -0.140. The lowest BCUT2D eigenvalue weighted by Crippen LogP contribution is -2.54. The molecule has 240 valence electrons. The summed E-state index contributed by atoms with van der Waals surface area (Å²) >= 11 is 6.60. The van der Waals surface area contributed by atoms with E-state index in [1.807, 2.05) is 62.4 Å². The van der Waals surface area contributed by atoms with Gasteiger partial charge in [0, 0.05) is 24.0 Å². The number of carbonyl (C=O) groups excluding carboxylic acids is 2. The molecule has 0 unspecified atom stereocenters. The maximum Gasteiger partial charge on any atom is 0.264 e. The van der Waals surface area contributed by atoms with Crippen molar-refractivity contribution < 1.29 is 18.0 Å². The lowest BCUT2D eigenvalue weighted by Gasteiger charge is -2.34. The average Bonchev–Trinajstić information content (AvgIpc) is 3.57. The van der Waals surface area contributed by atoms with Gasteiger partial charge in [-0.1, -0.05) is 97.2 Å². The summed E-state index contributed by atoms with van der Waals surface area (Å²) in [4.78, 5) is 30.3. The summed E-state index contributed by atoms with van der Waals surface area (Å²) in [7, 11) is -4.16. The summed E-state index contributed by atoms with van der Waals surface area (Å²) in [6, 6.07) is 29.3. The van der Waals surface area contributed by atoms with Crippen molar-refractivity contribution in [1.29, 1.82) is 0 Å². The van der Waals surface area contributed by atoms with Crippen molar-refractivity contribution in [1.82, 2.24) is 10.2 Å². The molecular formula is C37H40ClN3O4S. The van der Waals surface area contributed by atoms with Crippen LogP contribution in [-0.4, -0.2) is 43.8 Å². The SMILES string of the molecule is Cc1ccc(N(CC(=O)N(Cc2ccccc2Cl)[C@@H](Cc2ccccc2)C(=O)NC2CCCC2)S(=O)(=O)c2ccccc2)cc1C. The highest BCUT2D eigenvalue weighted by atomic mass is 35.5. The highest BCUT2D eigenvalue weighted by molar-refractivity contribution is 7.92. The Kier molecular flexibility index (Phi) is 10.8. The second-order valence-electron chi connectivity index (χ2n) is 11.9. The molecule has 9 heteroatoms. The molecule has 1 saturated carbocycles. The fourth-order valence-corrected chi connectivity index (χ4v) is 7.48. The fourth-order valence-electron chi connectivity index (χ4n) is 5.86. The van der Waals surface area contributed by atoms with E-state index in [1.54, 1.807) is 42.5 Å². The number of aryl methyl sites for hydroxylation is 2. The van der Waals surface area contributed by atoms with E-state index in [9.17, 15) is 18.0 Å². The first-order valence-electron chi connectivity index (χ1n) is 15.7. The zero-order valence-corrected chi connectivity index (χ0v) is 27.8. The molecule has 0 radical (unpaired) electrons. The molecule has 46 heavy (non-hydrogen) atoms. The summed E-state index contributed by atoms with van der Waals surface area (Å²) in [6.07, 6.45) is 4.11. The Balaban J connectivity index is 1.58. The van der Waals surface area contributed by atoms with E-state index in [1.165, 1.54) is 17.0 Å². The van der Waals surface area contributed by atoms with Crippen LogP contribution in [0.15, 0.2) is 108 Å². The van der Waals surface area contributed by atoms with Gasteiger partial charge in [0.15, 0.2) is 0 Å².